The summed E-state index contributed by atoms with van der Waals surface area (Å²) in [6.45, 7) is 0. The zero-order chi connectivity index (χ0) is 33.9. The molecule has 0 aliphatic carbocycles. The summed E-state index contributed by atoms with van der Waals surface area (Å²) in [7, 11) is 1.03. The van der Waals surface area contributed by atoms with E-state index in [0.29, 0.717) is 0 Å². The van der Waals surface area contributed by atoms with E-state index in [2.05, 4.69) is 19.8 Å². The maximum Gasteiger partial charge on any atom is 0.493 e. The average Bonchev–Trinajstić information content (AvgIpc) is 3.40. The summed E-state index contributed by atoms with van der Waals surface area (Å²) in [4.78, 5) is 53.3. The number of nitrogens with zero attached hydrogens (tertiary/aromatic N) is 4. The second-order valence-electron chi connectivity index (χ2n) is 8.99. The number of para-hydroxylation sites is 1. The number of fused-ring (bicyclic) bond motifs is 1. The largest absolute Gasteiger partial charge is 0.493 e. The Morgan fingerprint density at radius 2 is 1.51 bits per heavy atom. The predicted octanol–water partition coefficient (Wildman–Crippen LogP) is 5.85. The number of imidazole rings is 1. The summed E-state index contributed by atoms with van der Waals surface area (Å²) >= 11 is 0. The number of alkyl halides is 6. The van der Waals surface area contributed by atoms with Gasteiger partial charge in [0.1, 0.15) is 33.8 Å². The van der Waals surface area contributed by atoms with Crippen molar-refractivity contribution in [2.75, 3.05) is 7.11 Å². The molecule has 5 rings (SSSR count). The van der Waals surface area contributed by atoms with Gasteiger partial charge in [0.05, 0.1) is 13.3 Å². The lowest BCUT2D eigenvalue weighted by molar-refractivity contribution is -0.199. The molecule has 3 heterocycles. The van der Waals surface area contributed by atoms with E-state index >= 15 is 0 Å². The number of aromatic nitrogens is 4. The van der Waals surface area contributed by atoms with Crippen molar-refractivity contribution in [1.29, 1.82) is 0 Å². The molecule has 12 nitrogen and oxygen atoms in total. The van der Waals surface area contributed by atoms with Crippen molar-refractivity contribution in [2.45, 2.75) is 12.4 Å². The summed E-state index contributed by atoms with van der Waals surface area (Å²) in [5.41, 5.74) is -1.64. The molecule has 0 amide bonds. The number of carbonyl (C=O) groups excluding carboxylic acids is 3. The molecule has 0 aliphatic rings. The standard InChI is InChI=1S/C29H16F6N4O8/c1-43-25(40)16-8-2-3-10-19(16)45-23-21-18(39(47-27(42)29(33,34)35)24(38-21)17-9-4-5-12-37-17)13-20(44-15-7-6-11-36-14-15)22(23)46-26(41)28(30,31)32/h2-14H,1H3. The molecule has 18 heteroatoms. The third-order valence-electron chi connectivity index (χ3n) is 5.88. The number of halogens is 6. The second kappa shape index (κ2) is 12.7. The maximum absolute atomic E-state index is 13.5. The molecular formula is C29H16F6N4O8. The minimum absolute atomic E-state index is 0.152. The number of esters is 2. The number of ether oxygens (including phenoxy) is 4. The quantitative estimate of drug-likeness (QED) is 0.112. The zero-order valence-electron chi connectivity index (χ0n) is 23.3. The predicted molar refractivity (Wildman–Crippen MR) is 144 cm³/mol. The highest BCUT2D eigenvalue weighted by Gasteiger charge is 2.44. The van der Waals surface area contributed by atoms with Gasteiger partial charge in [-0.1, -0.05) is 18.2 Å². The van der Waals surface area contributed by atoms with E-state index in [1.165, 1.54) is 67.0 Å². The summed E-state index contributed by atoms with van der Waals surface area (Å²) in [6, 6.07) is 12.7. The molecule has 2 aromatic carbocycles. The van der Waals surface area contributed by atoms with Crippen LogP contribution in [0.5, 0.6) is 28.7 Å². The van der Waals surface area contributed by atoms with Crippen LogP contribution in [0.4, 0.5) is 26.3 Å². The SMILES string of the molecule is COC(=O)c1ccccc1Oc1c(OC(=O)C(F)(F)F)c(Oc2cccnc2)cc2c1nc(-c1ccccn1)n2OC(=O)C(F)(F)F. The smallest absolute Gasteiger partial charge is 0.465 e. The van der Waals surface area contributed by atoms with Crippen molar-refractivity contribution in [3.05, 3.63) is 84.8 Å². The molecule has 0 atom stereocenters. The van der Waals surface area contributed by atoms with E-state index in [-0.39, 0.29) is 27.5 Å². The Bertz CT molecular complexity index is 1970. The molecule has 5 aromatic rings. The molecule has 0 fully saturated rings. The van der Waals surface area contributed by atoms with Gasteiger partial charge in [0.2, 0.25) is 11.5 Å². The van der Waals surface area contributed by atoms with Gasteiger partial charge in [-0.3, -0.25) is 9.97 Å². The third kappa shape index (κ3) is 6.90. The highest BCUT2D eigenvalue weighted by Crippen LogP contribution is 2.48. The topological polar surface area (TPSA) is 141 Å². The first-order valence-electron chi connectivity index (χ1n) is 12.8. The lowest BCUT2D eigenvalue weighted by Gasteiger charge is -2.18. The number of hydrogen-bond donors (Lipinski definition) is 0. The zero-order valence-corrected chi connectivity index (χ0v) is 23.3. The molecule has 3 aromatic heterocycles. The fourth-order valence-corrected chi connectivity index (χ4v) is 3.90. The van der Waals surface area contributed by atoms with E-state index in [1.807, 2.05) is 0 Å². The van der Waals surface area contributed by atoms with Gasteiger partial charge in [-0.2, -0.15) is 31.1 Å². The van der Waals surface area contributed by atoms with Crippen LogP contribution in [0.1, 0.15) is 10.4 Å². The van der Waals surface area contributed by atoms with Gasteiger partial charge < -0.3 is 23.8 Å². The highest BCUT2D eigenvalue weighted by atomic mass is 19.4. The Labute approximate surface area is 258 Å². The normalized spacial score (nSPS) is 11.6. The number of methoxy groups -OCH3 is 1. The van der Waals surface area contributed by atoms with Gasteiger partial charge in [0.15, 0.2) is 11.6 Å². The summed E-state index contributed by atoms with van der Waals surface area (Å²) in [6.07, 6.45) is -7.44. The molecule has 47 heavy (non-hydrogen) atoms. The molecule has 0 saturated carbocycles. The van der Waals surface area contributed by atoms with E-state index in [9.17, 15) is 40.7 Å². The van der Waals surface area contributed by atoms with Gasteiger partial charge in [-0.25, -0.2) is 19.4 Å². The van der Waals surface area contributed by atoms with Crippen LogP contribution in [-0.4, -0.2) is 57.1 Å². The van der Waals surface area contributed by atoms with Crippen molar-refractivity contribution < 1.29 is 64.5 Å². The van der Waals surface area contributed by atoms with Crippen LogP contribution in [0.2, 0.25) is 0 Å². The van der Waals surface area contributed by atoms with Crippen molar-refractivity contribution in [2.24, 2.45) is 0 Å². The van der Waals surface area contributed by atoms with E-state index < -0.39 is 64.4 Å². The number of hydrogen-bond acceptors (Lipinski definition) is 11. The fraction of sp³-hybridized carbons (Fsp3) is 0.103. The molecule has 0 spiro atoms. The maximum atomic E-state index is 13.5. The van der Waals surface area contributed by atoms with Gasteiger partial charge in [-0.05, 0) is 36.4 Å². The van der Waals surface area contributed by atoms with Crippen LogP contribution in [0.25, 0.3) is 22.6 Å². The van der Waals surface area contributed by atoms with Gasteiger partial charge in [-0.15, -0.1) is 0 Å². The van der Waals surface area contributed by atoms with Crippen molar-refractivity contribution in [1.82, 2.24) is 19.7 Å². The molecule has 0 bridgehead atoms. The minimum atomic E-state index is -5.57. The van der Waals surface area contributed by atoms with Crippen molar-refractivity contribution >= 4 is 28.9 Å². The number of carbonyl (C=O) groups is 3. The van der Waals surface area contributed by atoms with E-state index in [4.69, 9.17) is 18.9 Å². The van der Waals surface area contributed by atoms with Crippen LogP contribution in [0.3, 0.4) is 0 Å². The third-order valence-corrected chi connectivity index (χ3v) is 5.88. The number of pyridine rings is 2. The van der Waals surface area contributed by atoms with Crippen LogP contribution >= 0.6 is 0 Å². The van der Waals surface area contributed by atoms with Crippen LogP contribution in [0, 0.1) is 0 Å². The van der Waals surface area contributed by atoms with Crippen molar-refractivity contribution in [3.63, 3.8) is 0 Å². The van der Waals surface area contributed by atoms with E-state index in [0.717, 1.165) is 19.4 Å². The number of rotatable bonds is 8. The summed E-state index contributed by atoms with van der Waals surface area (Å²) < 4.78 is 102. The lowest BCUT2D eigenvalue weighted by atomic mass is 10.2. The Morgan fingerprint density at radius 3 is 2.15 bits per heavy atom. The van der Waals surface area contributed by atoms with Crippen molar-refractivity contribution in [3.8, 4) is 40.3 Å². The molecule has 242 valence electrons. The summed E-state index contributed by atoms with van der Waals surface area (Å²) in [5.74, 6) is -10.3. The Hall–Kier alpha value is -6.20. The molecule has 0 aliphatic heterocycles. The first kappa shape index (κ1) is 32.2. The van der Waals surface area contributed by atoms with Crippen LogP contribution < -0.4 is 19.0 Å². The lowest BCUT2D eigenvalue weighted by Crippen LogP contribution is -2.33. The Kier molecular flexibility index (Phi) is 8.67. The minimum Gasteiger partial charge on any atom is -0.465 e. The molecule has 0 unspecified atom stereocenters. The molecular weight excluding hydrogens is 646 g/mol. The second-order valence-corrected chi connectivity index (χ2v) is 8.99. The Balaban J connectivity index is 1.88. The molecule has 0 saturated heterocycles. The monoisotopic (exact) mass is 662 g/mol. The van der Waals surface area contributed by atoms with Gasteiger partial charge in [0, 0.05) is 18.5 Å². The highest BCUT2D eigenvalue weighted by molar-refractivity contribution is 5.95. The summed E-state index contributed by atoms with van der Waals surface area (Å²) in [5, 5.41) is 0. The van der Waals surface area contributed by atoms with Crippen LogP contribution in [0.15, 0.2) is 79.3 Å². The van der Waals surface area contributed by atoms with Crippen LogP contribution in [-0.2, 0) is 14.3 Å². The molecule has 0 N–H and O–H groups in total. The average molecular weight is 662 g/mol. The van der Waals surface area contributed by atoms with Gasteiger partial charge in [0.25, 0.3) is 0 Å². The molecule has 0 radical (unpaired) electrons. The first-order chi connectivity index (χ1) is 22.3. The number of benzene rings is 2. The van der Waals surface area contributed by atoms with Gasteiger partial charge >= 0.3 is 30.3 Å². The fourth-order valence-electron chi connectivity index (χ4n) is 3.90. The Morgan fingerprint density at radius 1 is 0.787 bits per heavy atom. The van der Waals surface area contributed by atoms with E-state index in [1.54, 1.807) is 0 Å². The first-order valence-corrected chi connectivity index (χ1v) is 12.8.